The predicted octanol–water partition coefficient (Wildman–Crippen LogP) is 3.32. The molecule has 0 atom stereocenters. The smallest absolute Gasteiger partial charge is 0.338 e. The third-order valence-electron chi connectivity index (χ3n) is 4.59. The summed E-state index contributed by atoms with van der Waals surface area (Å²) >= 11 is 0. The third kappa shape index (κ3) is 4.95. The maximum absolute atomic E-state index is 12.8. The van der Waals surface area contributed by atoms with Gasteiger partial charge in [0.1, 0.15) is 5.82 Å². The number of carbonyl (C=O) groups is 2. The molecule has 0 fully saturated rings. The number of nitrogens with one attached hydrogen (secondary N) is 1. The van der Waals surface area contributed by atoms with Crippen molar-refractivity contribution in [1.82, 2.24) is 10.3 Å². The van der Waals surface area contributed by atoms with Crippen molar-refractivity contribution in [2.24, 2.45) is 0 Å². The number of nitro benzene ring substituents is 1. The maximum atomic E-state index is 12.8. The summed E-state index contributed by atoms with van der Waals surface area (Å²) in [7, 11) is 3.75. The Labute approximate surface area is 178 Å². The minimum absolute atomic E-state index is 0.00319. The van der Waals surface area contributed by atoms with Gasteiger partial charge in [-0.3, -0.25) is 14.9 Å². The zero-order valence-corrected chi connectivity index (χ0v) is 17.4. The molecule has 3 rings (SSSR count). The van der Waals surface area contributed by atoms with Gasteiger partial charge in [0.05, 0.1) is 22.6 Å². The second kappa shape index (κ2) is 9.21. The number of nitro groups is 1. The van der Waals surface area contributed by atoms with E-state index in [1.807, 2.05) is 49.3 Å². The number of pyridine rings is 1. The molecule has 0 saturated carbocycles. The van der Waals surface area contributed by atoms with Crippen LogP contribution in [0.25, 0.3) is 10.9 Å². The number of amides is 1. The monoisotopic (exact) mass is 422 g/mol. The molecule has 1 aromatic heterocycles. The van der Waals surface area contributed by atoms with E-state index in [-0.39, 0.29) is 30.0 Å². The maximum Gasteiger partial charge on any atom is 0.338 e. The molecule has 0 spiro atoms. The molecule has 3 aromatic rings. The molecule has 0 bridgehead atoms. The molecular weight excluding hydrogens is 400 g/mol. The first-order chi connectivity index (χ1) is 14.8. The molecule has 0 aliphatic rings. The van der Waals surface area contributed by atoms with E-state index in [0.29, 0.717) is 0 Å². The quantitative estimate of drug-likeness (QED) is 0.353. The molecule has 0 unspecified atom stereocenters. The Hall–Kier alpha value is -4.01. The average Bonchev–Trinajstić information content (AvgIpc) is 2.76. The van der Waals surface area contributed by atoms with Crippen LogP contribution in [-0.4, -0.2) is 42.5 Å². The van der Waals surface area contributed by atoms with Gasteiger partial charge in [-0.25, -0.2) is 9.78 Å². The number of fused-ring (bicyclic) bond motifs is 1. The van der Waals surface area contributed by atoms with E-state index in [2.05, 4.69) is 10.3 Å². The zero-order chi connectivity index (χ0) is 22.5. The van der Waals surface area contributed by atoms with Gasteiger partial charge in [0.15, 0.2) is 0 Å². The minimum atomic E-state index is -0.726. The van der Waals surface area contributed by atoms with Crippen molar-refractivity contribution in [3.63, 3.8) is 0 Å². The Kier molecular flexibility index (Phi) is 6.44. The van der Waals surface area contributed by atoms with Gasteiger partial charge in [0.2, 0.25) is 0 Å². The number of esters is 1. The van der Waals surface area contributed by atoms with Gasteiger partial charge >= 0.3 is 5.97 Å². The van der Waals surface area contributed by atoms with Crippen LogP contribution in [0, 0.1) is 10.1 Å². The lowest BCUT2D eigenvalue weighted by Gasteiger charge is -2.15. The highest BCUT2D eigenvalue weighted by atomic mass is 16.6. The van der Waals surface area contributed by atoms with Crippen molar-refractivity contribution in [3.8, 4) is 0 Å². The van der Waals surface area contributed by atoms with Crippen LogP contribution < -0.4 is 10.2 Å². The van der Waals surface area contributed by atoms with Crippen LogP contribution in [0.2, 0.25) is 0 Å². The van der Waals surface area contributed by atoms with Gasteiger partial charge in [-0.1, -0.05) is 18.2 Å². The Bertz CT molecular complexity index is 1160. The van der Waals surface area contributed by atoms with Crippen LogP contribution in [0.1, 0.15) is 33.2 Å². The molecule has 2 aromatic carbocycles. The molecule has 0 aliphatic heterocycles. The number of hydrogen-bond acceptors (Lipinski definition) is 7. The molecule has 1 N–H and O–H groups in total. The summed E-state index contributed by atoms with van der Waals surface area (Å²) in [5.74, 6) is -0.527. The van der Waals surface area contributed by atoms with Crippen molar-refractivity contribution < 1.29 is 19.2 Å². The van der Waals surface area contributed by atoms with E-state index in [9.17, 15) is 19.7 Å². The van der Waals surface area contributed by atoms with Gasteiger partial charge < -0.3 is 15.0 Å². The van der Waals surface area contributed by atoms with Crippen LogP contribution in [0.5, 0.6) is 0 Å². The lowest BCUT2D eigenvalue weighted by Crippen LogP contribution is -2.24. The minimum Gasteiger partial charge on any atom is -0.462 e. The van der Waals surface area contributed by atoms with E-state index in [1.54, 1.807) is 6.92 Å². The molecule has 160 valence electrons. The molecule has 0 saturated heterocycles. The van der Waals surface area contributed by atoms with E-state index in [1.165, 1.54) is 6.07 Å². The number of aromatic nitrogens is 1. The molecular formula is C22H22N4O5. The van der Waals surface area contributed by atoms with Crippen molar-refractivity contribution in [2.75, 3.05) is 25.6 Å². The highest BCUT2D eigenvalue weighted by Crippen LogP contribution is 2.23. The first-order valence-electron chi connectivity index (χ1n) is 9.61. The number of ether oxygens (including phenoxy) is 1. The van der Waals surface area contributed by atoms with E-state index in [0.717, 1.165) is 34.4 Å². The summed E-state index contributed by atoms with van der Waals surface area (Å²) < 4.78 is 4.91. The standard InChI is InChI=1S/C22H22N4O5/c1-4-31-22(28)15-9-14(10-17(11-15)26(29)30)21(27)23-13-16-12-20(25(2)3)24-19-8-6-5-7-18(16)19/h5-12H,4,13H2,1-3H3,(H,23,27). The topological polar surface area (TPSA) is 115 Å². The van der Waals surface area contributed by atoms with Crippen molar-refractivity contribution in [3.05, 3.63) is 75.3 Å². The van der Waals surface area contributed by atoms with Gasteiger partial charge in [-0.2, -0.15) is 0 Å². The number of nitrogens with zero attached hydrogens (tertiary/aromatic N) is 3. The Morgan fingerprint density at radius 1 is 1.13 bits per heavy atom. The molecule has 9 heteroatoms. The predicted molar refractivity (Wildman–Crippen MR) is 116 cm³/mol. The summed E-state index contributed by atoms with van der Waals surface area (Å²) in [6.07, 6.45) is 0. The van der Waals surface area contributed by atoms with Gasteiger partial charge in [0, 0.05) is 43.7 Å². The summed E-state index contributed by atoms with van der Waals surface area (Å²) in [6, 6.07) is 13.0. The molecule has 1 heterocycles. The first kappa shape index (κ1) is 21.7. The Balaban J connectivity index is 1.90. The number of benzene rings is 2. The van der Waals surface area contributed by atoms with Crippen LogP contribution in [0.15, 0.2) is 48.5 Å². The van der Waals surface area contributed by atoms with Gasteiger partial charge in [-0.05, 0) is 30.7 Å². The average molecular weight is 422 g/mol. The fraction of sp³-hybridized carbons (Fsp3) is 0.227. The lowest BCUT2D eigenvalue weighted by molar-refractivity contribution is -0.384. The van der Waals surface area contributed by atoms with Crippen molar-refractivity contribution >= 4 is 34.3 Å². The summed E-state index contributed by atoms with van der Waals surface area (Å²) in [5.41, 5.74) is 1.23. The van der Waals surface area contributed by atoms with Gasteiger partial charge in [0.25, 0.3) is 11.6 Å². The number of para-hydroxylation sites is 1. The van der Waals surface area contributed by atoms with Crippen molar-refractivity contribution in [2.45, 2.75) is 13.5 Å². The Morgan fingerprint density at radius 3 is 2.52 bits per heavy atom. The van der Waals surface area contributed by atoms with Crippen LogP contribution in [0.3, 0.4) is 0 Å². The molecule has 0 radical (unpaired) electrons. The van der Waals surface area contributed by atoms with Crippen LogP contribution in [-0.2, 0) is 11.3 Å². The molecule has 31 heavy (non-hydrogen) atoms. The number of hydrogen-bond donors (Lipinski definition) is 1. The van der Waals surface area contributed by atoms with E-state index < -0.39 is 16.8 Å². The largest absolute Gasteiger partial charge is 0.462 e. The van der Waals surface area contributed by atoms with Gasteiger partial charge in [-0.15, -0.1) is 0 Å². The molecule has 0 aliphatic carbocycles. The number of carbonyl (C=O) groups excluding carboxylic acids is 2. The highest BCUT2D eigenvalue weighted by Gasteiger charge is 2.19. The summed E-state index contributed by atoms with van der Waals surface area (Å²) in [6.45, 7) is 1.93. The first-order valence-corrected chi connectivity index (χ1v) is 9.61. The molecule has 9 nitrogen and oxygen atoms in total. The summed E-state index contributed by atoms with van der Waals surface area (Å²) in [4.78, 5) is 41.8. The normalized spacial score (nSPS) is 10.5. The zero-order valence-electron chi connectivity index (χ0n) is 17.4. The van der Waals surface area contributed by atoms with Crippen molar-refractivity contribution in [1.29, 1.82) is 0 Å². The summed E-state index contributed by atoms with van der Waals surface area (Å²) in [5, 5.41) is 14.9. The van der Waals surface area contributed by atoms with Crippen LogP contribution in [0.4, 0.5) is 11.5 Å². The highest BCUT2D eigenvalue weighted by molar-refractivity contribution is 5.99. The lowest BCUT2D eigenvalue weighted by atomic mass is 10.1. The second-order valence-electron chi connectivity index (χ2n) is 6.98. The van der Waals surface area contributed by atoms with Crippen LogP contribution >= 0.6 is 0 Å². The number of rotatable bonds is 7. The fourth-order valence-electron chi connectivity index (χ4n) is 3.06. The Morgan fingerprint density at radius 2 is 1.84 bits per heavy atom. The molecule has 1 amide bonds. The fourth-order valence-corrected chi connectivity index (χ4v) is 3.06. The van der Waals surface area contributed by atoms with E-state index in [4.69, 9.17) is 4.74 Å². The number of anilines is 1. The second-order valence-corrected chi connectivity index (χ2v) is 6.98. The third-order valence-corrected chi connectivity index (χ3v) is 4.59. The van der Waals surface area contributed by atoms with E-state index >= 15 is 0 Å². The SMILES string of the molecule is CCOC(=O)c1cc(C(=O)NCc2cc(N(C)C)nc3ccccc23)cc([N+](=O)[O-])c1. The number of non-ortho nitro benzene ring substituents is 1.